The molecule has 0 unspecified atom stereocenters. The van der Waals surface area contributed by atoms with Crippen molar-refractivity contribution in [1.29, 1.82) is 0 Å². The number of nitrogens with zero attached hydrogens (tertiary/aromatic N) is 3. The van der Waals surface area contributed by atoms with Gasteiger partial charge < -0.3 is 4.57 Å². The first kappa shape index (κ1) is 43.3. The van der Waals surface area contributed by atoms with Crippen LogP contribution >= 0.6 is 0 Å². The third-order valence-electron chi connectivity index (χ3n) is 14.0. The molecule has 0 spiro atoms. The van der Waals surface area contributed by atoms with Crippen LogP contribution in [0, 0.1) is 0 Å². The second kappa shape index (κ2) is 18.9. The van der Waals surface area contributed by atoms with Crippen molar-refractivity contribution in [2.24, 2.45) is 0 Å². The van der Waals surface area contributed by atoms with E-state index in [1.807, 2.05) is 0 Å². The molecule has 0 atom stereocenters. The van der Waals surface area contributed by atoms with E-state index in [0.717, 1.165) is 61.6 Å². The minimum Gasteiger partial charge on any atom is -0.309 e. The Morgan fingerprint density at radius 1 is 0.205 bits per heavy atom. The van der Waals surface area contributed by atoms with Crippen LogP contribution in [-0.2, 0) is 0 Å². The van der Waals surface area contributed by atoms with E-state index in [2.05, 4.69) is 290 Å². The lowest BCUT2D eigenvalue weighted by Crippen LogP contribution is -1.97. The Morgan fingerprint density at radius 2 is 0.507 bits per heavy atom. The summed E-state index contributed by atoms with van der Waals surface area (Å²) in [5, 5.41) is 2.49. The fraction of sp³-hybridized carbons (Fsp3) is 0. The molecular weight excluding hydrogens is 883 g/mol. The molecule has 11 aromatic carbocycles. The molecule has 0 bridgehead atoms. The van der Waals surface area contributed by atoms with E-state index in [1.165, 1.54) is 60.8 Å². The number of hydrogen-bond acceptors (Lipinski definition) is 2. The second-order valence-electron chi connectivity index (χ2n) is 18.6. The van der Waals surface area contributed by atoms with Crippen LogP contribution < -0.4 is 0 Å². The van der Waals surface area contributed by atoms with Gasteiger partial charge in [0.1, 0.15) is 0 Å². The third kappa shape index (κ3) is 8.60. The van der Waals surface area contributed by atoms with Crippen molar-refractivity contribution in [3.8, 4) is 106 Å². The lowest BCUT2D eigenvalue weighted by molar-refractivity contribution is 1.18. The van der Waals surface area contributed by atoms with Crippen molar-refractivity contribution in [1.82, 2.24) is 14.5 Å². The zero-order chi connectivity index (χ0) is 48.5. The molecule has 2 heterocycles. The maximum atomic E-state index is 5.34. The summed E-state index contributed by atoms with van der Waals surface area (Å²) in [7, 11) is 0. The molecule has 0 N–H and O–H groups in total. The normalized spacial score (nSPS) is 11.3. The van der Waals surface area contributed by atoms with Crippen LogP contribution in [0.15, 0.2) is 285 Å². The molecule has 0 saturated carbocycles. The predicted octanol–water partition coefficient (Wildman–Crippen LogP) is 18.6. The average Bonchev–Trinajstić information content (AvgIpc) is 3.82. The number of para-hydroxylation sites is 2. The Hall–Kier alpha value is -9.70. The Balaban J connectivity index is 0.865. The number of fused-ring (bicyclic) bond motifs is 3. The zero-order valence-corrected chi connectivity index (χ0v) is 40.0. The summed E-state index contributed by atoms with van der Waals surface area (Å²) in [4.78, 5) is 10.7. The van der Waals surface area contributed by atoms with Gasteiger partial charge in [-0.05, 0) is 121 Å². The van der Waals surface area contributed by atoms with Gasteiger partial charge in [-0.2, -0.15) is 0 Å². The van der Waals surface area contributed by atoms with Crippen molar-refractivity contribution in [3.63, 3.8) is 0 Å². The van der Waals surface area contributed by atoms with Crippen LogP contribution in [0.25, 0.3) is 128 Å². The van der Waals surface area contributed by atoms with Crippen LogP contribution in [-0.4, -0.2) is 14.5 Å². The summed E-state index contributed by atoms with van der Waals surface area (Å²) in [6, 6.07) is 102. The van der Waals surface area contributed by atoms with E-state index in [4.69, 9.17) is 9.97 Å². The van der Waals surface area contributed by atoms with Crippen molar-refractivity contribution in [2.45, 2.75) is 0 Å². The summed E-state index contributed by atoms with van der Waals surface area (Å²) < 4.78 is 2.37. The predicted molar refractivity (Wildman–Crippen MR) is 305 cm³/mol. The van der Waals surface area contributed by atoms with Gasteiger partial charge in [0.2, 0.25) is 0 Å². The molecule has 73 heavy (non-hydrogen) atoms. The quantitative estimate of drug-likeness (QED) is 0.137. The van der Waals surface area contributed by atoms with Gasteiger partial charge in [-0.25, -0.2) is 9.97 Å². The first-order valence-corrected chi connectivity index (χ1v) is 24.9. The lowest BCUT2D eigenvalue weighted by atomic mass is 9.95. The molecule has 13 rings (SSSR count). The van der Waals surface area contributed by atoms with Gasteiger partial charge in [-0.3, -0.25) is 0 Å². The van der Waals surface area contributed by atoms with E-state index in [0.29, 0.717) is 5.82 Å². The summed E-state index contributed by atoms with van der Waals surface area (Å²) in [5.74, 6) is 0.669. The van der Waals surface area contributed by atoms with E-state index in [9.17, 15) is 0 Å². The van der Waals surface area contributed by atoms with Crippen molar-refractivity contribution in [2.75, 3.05) is 0 Å². The maximum Gasteiger partial charge on any atom is 0.160 e. The highest BCUT2D eigenvalue weighted by Crippen LogP contribution is 2.37. The van der Waals surface area contributed by atoms with Crippen molar-refractivity contribution < 1.29 is 0 Å². The van der Waals surface area contributed by atoms with Crippen LogP contribution in [0.2, 0.25) is 0 Å². The molecule has 0 aliphatic rings. The van der Waals surface area contributed by atoms with Crippen LogP contribution in [0.5, 0.6) is 0 Å². The Morgan fingerprint density at radius 3 is 0.945 bits per heavy atom. The largest absolute Gasteiger partial charge is 0.309 e. The van der Waals surface area contributed by atoms with E-state index in [-0.39, 0.29) is 0 Å². The summed E-state index contributed by atoms with van der Waals surface area (Å²) in [6.45, 7) is 0. The van der Waals surface area contributed by atoms with Crippen LogP contribution in [0.1, 0.15) is 0 Å². The highest BCUT2D eigenvalue weighted by Gasteiger charge is 2.16. The van der Waals surface area contributed by atoms with Gasteiger partial charge in [0, 0.05) is 33.2 Å². The molecule has 0 amide bonds. The van der Waals surface area contributed by atoms with Crippen LogP contribution in [0.4, 0.5) is 0 Å². The van der Waals surface area contributed by atoms with Crippen molar-refractivity contribution >= 4 is 21.8 Å². The molecule has 3 nitrogen and oxygen atoms in total. The number of aromatic nitrogens is 3. The van der Waals surface area contributed by atoms with Crippen LogP contribution in [0.3, 0.4) is 0 Å². The van der Waals surface area contributed by atoms with Gasteiger partial charge in [-0.15, -0.1) is 0 Å². The average molecular weight is 930 g/mol. The molecule has 0 aliphatic heterocycles. The van der Waals surface area contributed by atoms with Gasteiger partial charge in [0.05, 0.1) is 22.4 Å². The Labute approximate surface area is 425 Å². The second-order valence-corrected chi connectivity index (χ2v) is 18.6. The molecule has 0 radical (unpaired) electrons. The summed E-state index contributed by atoms with van der Waals surface area (Å²) in [6.07, 6.45) is 0. The van der Waals surface area contributed by atoms with Gasteiger partial charge in [0.25, 0.3) is 0 Å². The molecular formula is C70H47N3. The number of benzene rings is 11. The molecule has 3 heteroatoms. The fourth-order valence-corrected chi connectivity index (χ4v) is 10.3. The topological polar surface area (TPSA) is 30.7 Å². The summed E-state index contributed by atoms with van der Waals surface area (Å²) >= 11 is 0. The monoisotopic (exact) mass is 929 g/mol. The fourth-order valence-electron chi connectivity index (χ4n) is 10.3. The summed E-state index contributed by atoms with van der Waals surface area (Å²) in [5.41, 5.74) is 22.2. The van der Waals surface area contributed by atoms with Gasteiger partial charge in [0.15, 0.2) is 5.82 Å². The highest BCUT2D eigenvalue weighted by molar-refractivity contribution is 6.09. The number of rotatable bonds is 10. The Bertz CT molecular complexity index is 4060. The van der Waals surface area contributed by atoms with Crippen molar-refractivity contribution in [3.05, 3.63) is 285 Å². The first-order valence-electron chi connectivity index (χ1n) is 24.9. The number of hydrogen-bond donors (Lipinski definition) is 0. The third-order valence-corrected chi connectivity index (χ3v) is 14.0. The molecule has 2 aromatic heterocycles. The Kier molecular flexibility index (Phi) is 11.2. The minimum absolute atomic E-state index is 0.669. The first-order chi connectivity index (χ1) is 36.1. The van der Waals surface area contributed by atoms with Gasteiger partial charge >= 0.3 is 0 Å². The highest BCUT2D eigenvalue weighted by atomic mass is 15.0. The standard InChI is InChI=1S/C70H47N3/c1-3-16-48(17-4-1)54-20-11-22-56(42-54)50-34-38-52(39-35-50)66-47-67(53-40-36-51(37-41-53)57-23-13-25-59(44-57)58-24-12-21-55(43-58)49-18-5-2-6-19-49)72-70(71-66)62-28-14-26-60(45-62)61-27-15-29-63(46-61)73-68-32-9-7-30-64(68)65-31-8-10-33-69(65)73/h1-47H. The minimum atomic E-state index is 0.669. The molecule has 0 aliphatic carbocycles. The zero-order valence-electron chi connectivity index (χ0n) is 40.0. The molecule has 13 aromatic rings. The molecule has 0 saturated heterocycles. The molecule has 0 fully saturated rings. The SMILES string of the molecule is c1ccc(-c2cccc(-c3ccc(-c4cc(-c5ccc(-c6cccc(-c7cccc(-c8ccccc8)c7)c6)cc5)nc(-c5cccc(-c6cccc(-n7c8ccccc8c8ccccc87)c6)c5)n4)cc3)c2)cc1. The molecule has 342 valence electrons. The van der Waals surface area contributed by atoms with E-state index >= 15 is 0 Å². The lowest BCUT2D eigenvalue weighted by Gasteiger charge is -2.13. The van der Waals surface area contributed by atoms with Gasteiger partial charge in [-0.1, -0.05) is 231 Å². The smallest absolute Gasteiger partial charge is 0.160 e. The maximum absolute atomic E-state index is 5.34. The van der Waals surface area contributed by atoms with E-state index < -0.39 is 0 Å². The van der Waals surface area contributed by atoms with E-state index in [1.54, 1.807) is 0 Å².